The van der Waals surface area contributed by atoms with E-state index in [-0.39, 0.29) is 11.1 Å². The zero-order chi connectivity index (χ0) is 24.7. The predicted molar refractivity (Wildman–Crippen MR) is 121 cm³/mol. The van der Waals surface area contributed by atoms with Gasteiger partial charge in [-0.3, -0.25) is 0 Å². The summed E-state index contributed by atoms with van der Waals surface area (Å²) in [7, 11) is -6.01. The van der Waals surface area contributed by atoms with Gasteiger partial charge < -0.3 is 4.18 Å². The van der Waals surface area contributed by atoms with Gasteiger partial charge in [-0.15, -0.1) is 0 Å². The number of benzene rings is 2. The number of allylic oxidation sites excluding steroid dienone is 4. The van der Waals surface area contributed by atoms with Crippen molar-refractivity contribution in [1.29, 1.82) is 5.26 Å². The van der Waals surface area contributed by atoms with Gasteiger partial charge in [-0.1, -0.05) is 68.1 Å². The Balaban J connectivity index is 2.49. The molecule has 0 fully saturated rings. The van der Waals surface area contributed by atoms with E-state index in [0.29, 0.717) is 11.1 Å². The Kier molecular flexibility index (Phi) is 6.51. The third-order valence-electron chi connectivity index (χ3n) is 5.70. The summed E-state index contributed by atoms with van der Waals surface area (Å²) in [4.78, 5) is 0. The molecule has 1 aliphatic rings. The summed E-state index contributed by atoms with van der Waals surface area (Å²) in [6.07, 6.45) is 3.19. The average Bonchev–Trinajstić information content (AvgIpc) is 2.76. The highest BCUT2D eigenvalue weighted by Gasteiger charge is 2.50. The van der Waals surface area contributed by atoms with Gasteiger partial charge in [0.05, 0.1) is 16.7 Å². The molecular formula is C24H19ClF3NO3S. The summed E-state index contributed by atoms with van der Waals surface area (Å²) < 4.78 is 67.7. The molecule has 2 aromatic carbocycles. The Hall–Kier alpha value is -3.02. The Morgan fingerprint density at radius 3 is 2.30 bits per heavy atom. The third-order valence-corrected chi connectivity index (χ3v) is 6.93. The molecule has 2 atom stereocenters. The zero-order valence-electron chi connectivity index (χ0n) is 17.7. The quantitative estimate of drug-likeness (QED) is 0.263. The van der Waals surface area contributed by atoms with E-state index in [9.17, 15) is 26.9 Å². The van der Waals surface area contributed by atoms with Gasteiger partial charge in [0.15, 0.2) is 5.75 Å². The van der Waals surface area contributed by atoms with Gasteiger partial charge in [0.2, 0.25) is 0 Å². The van der Waals surface area contributed by atoms with Gasteiger partial charge in [0.1, 0.15) is 0 Å². The molecule has 33 heavy (non-hydrogen) atoms. The largest absolute Gasteiger partial charge is 0.534 e. The maximum atomic E-state index is 13.1. The lowest BCUT2D eigenvalue weighted by Gasteiger charge is -2.36. The molecule has 0 saturated heterocycles. The average molecular weight is 494 g/mol. The molecule has 9 heteroatoms. The number of alkyl halides is 3. The van der Waals surface area contributed by atoms with Crippen molar-refractivity contribution in [3.8, 4) is 11.8 Å². The van der Waals surface area contributed by atoms with Crippen LogP contribution in [0.4, 0.5) is 13.2 Å². The molecule has 0 radical (unpaired) electrons. The molecule has 0 saturated carbocycles. The number of hydrogen-bond acceptors (Lipinski definition) is 4. The predicted octanol–water partition coefficient (Wildman–Crippen LogP) is 6.73. The molecular weight excluding hydrogens is 475 g/mol. The van der Waals surface area contributed by atoms with Crippen LogP contribution in [0, 0.1) is 11.3 Å². The molecule has 0 aliphatic heterocycles. The van der Waals surface area contributed by atoms with E-state index in [1.807, 2.05) is 12.1 Å². The van der Waals surface area contributed by atoms with Crippen LogP contribution in [0.2, 0.25) is 5.02 Å². The van der Waals surface area contributed by atoms with Gasteiger partial charge in [-0.2, -0.15) is 26.9 Å². The molecule has 0 heterocycles. The number of nitriles is 1. The lowest BCUT2D eigenvalue weighted by molar-refractivity contribution is -0.0500. The number of nitrogens with zero attached hydrogens (tertiary/aromatic N) is 1. The van der Waals surface area contributed by atoms with Crippen LogP contribution in [0.5, 0.6) is 5.75 Å². The fraction of sp³-hybridized carbons (Fsp3) is 0.208. The van der Waals surface area contributed by atoms with E-state index in [1.54, 1.807) is 44.2 Å². The smallest absolute Gasteiger partial charge is 0.374 e. The van der Waals surface area contributed by atoms with E-state index < -0.39 is 38.2 Å². The molecule has 0 N–H and O–H groups in total. The van der Waals surface area contributed by atoms with Crippen LogP contribution in [0.25, 0.3) is 0 Å². The Morgan fingerprint density at radius 2 is 1.79 bits per heavy atom. The van der Waals surface area contributed by atoms with Crippen molar-refractivity contribution >= 4 is 21.7 Å². The second-order valence-corrected chi connectivity index (χ2v) is 9.43. The van der Waals surface area contributed by atoms with Gasteiger partial charge in [0, 0.05) is 17.4 Å². The van der Waals surface area contributed by atoms with E-state index in [4.69, 9.17) is 11.6 Å². The summed E-state index contributed by atoms with van der Waals surface area (Å²) >= 11 is 6.19. The molecule has 1 aliphatic carbocycles. The van der Waals surface area contributed by atoms with Crippen LogP contribution in [0.15, 0.2) is 66.8 Å². The molecule has 0 spiro atoms. The van der Waals surface area contributed by atoms with Crippen molar-refractivity contribution in [3.05, 3.63) is 99.6 Å². The van der Waals surface area contributed by atoms with E-state index in [0.717, 1.165) is 22.8 Å². The summed E-state index contributed by atoms with van der Waals surface area (Å²) in [5.41, 5.74) is -2.22. The minimum Gasteiger partial charge on any atom is -0.374 e. The highest BCUT2D eigenvalue weighted by atomic mass is 35.5. The molecule has 0 aromatic heterocycles. The van der Waals surface area contributed by atoms with Crippen molar-refractivity contribution in [2.45, 2.75) is 31.2 Å². The third kappa shape index (κ3) is 4.07. The molecule has 0 amide bonds. The summed E-state index contributed by atoms with van der Waals surface area (Å²) in [6, 6.07) is 10.4. The maximum absolute atomic E-state index is 13.1. The maximum Gasteiger partial charge on any atom is 0.534 e. The van der Waals surface area contributed by atoms with Gasteiger partial charge in [-0.05, 0) is 40.8 Å². The molecule has 0 bridgehead atoms. The van der Waals surface area contributed by atoms with Crippen LogP contribution < -0.4 is 4.18 Å². The van der Waals surface area contributed by atoms with E-state index in [1.165, 1.54) is 0 Å². The van der Waals surface area contributed by atoms with Crippen molar-refractivity contribution in [3.63, 3.8) is 0 Å². The van der Waals surface area contributed by atoms with Crippen LogP contribution in [0.3, 0.4) is 0 Å². The summed E-state index contributed by atoms with van der Waals surface area (Å²) in [5, 5.41) is 9.45. The lowest BCUT2D eigenvalue weighted by atomic mass is 9.68. The van der Waals surface area contributed by atoms with Crippen LogP contribution in [-0.4, -0.2) is 13.9 Å². The Labute approximate surface area is 195 Å². The van der Waals surface area contributed by atoms with Crippen molar-refractivity contribution in [1.82, 2.24) is 0 Å². The fourth-order valence-electron chi connectivity index (χ4n) is 4.17. The first-order chi connectivity index (χ1) is 15.4. The second kappa shape index (κ2) is 8.73. The number of rotatable bonds is 5. The lowest BCUT2D eigenvalue weighted by Crippen LogP contribution is -2.29. The molecule has 2 aromatic rings. The number of halogens is 4. The number of fused-ring (bicyclic) bond motifs is 2. The first kappa shape index (κ1) is 24.6. The summed E-state index contributed by atoms with van der Waals surface area (Å²) in [5.74, 6) is -1.90. The van der Waals surface area contributed by atoms with Gasteiger partial charge in [0.25, 0.3) is 0 Å². The van der Waals surface area contributed by atoms with Crippen molar-refractivity contribution in [2.24, 2.45) is 0 Å². The summed E-state index contributed by atoms with van der Waals surface area (Å²) in [6.45, 7) is 11.1. The van der Waals surface area contributed by atoms with E-state index in [2.05, 4.69) is 17.3 Å². The molecule has 2 unspecified atom stereocenters. The molecule has 172 valence electrons. The first-order valence-corrected chi connectivity index (χ1v) is 11.5. The Morgan fingerprint density at radius 1 is 1.18 bits per heavy atom. The standard InChI is InChI=1S/C24H19ClF3NO3S/c1-5-13(3)16(6-2)22-18-10-8-7-9-17(18)14(4)20-21(22)15(12-29)11-19(25)23(20)32-33(30,31)24(26,27)28/h5-11,14,22H,1-2H2,3-4H3/b16-13+. The Bertz CT molecular complexity index is 1340. The monoisotopic (exact) mass is 493 g/mol. The van der Waals surface area contributed by atoms with Crippen LogP contribution >= 0.6 is 11.6 Å². The zero-order valence-corrected chi connectivity index (χ0v) is 19.3. The SMILES string of the molecule is C=C/C(C)=C(\C=C)C1c2ccccc2C(C)c2c(OS(=O)(=O)C(F)(F)F)c(Cl)cc(C#N)c21. The number of hydrogen-bond donors (Lipinski definition) is 0. The van der Waals surface area contributed by atoms with Crippen LogP contribution in [-0.2, 0) is 10.1 Å². The first-order valence-electron chi connectivity index (χ1n) is 9.71. The topological polar surface area (TPSA) is 67.2 Å². The van der Waals surface area contributed by atoms with Crippen molar-refractivity contribution < 1.29 is 25.8 Å². The van der Waals surface area contributed by atoms with Crippen LogP contribution in [0.1, 0.15) is 53.5 Å². The minimum atomic E-state index is -6.01. The van der Waals surface area contributed by atoms with Crippen molar-refractivity contribution in [2.75, 3.05) is 0 Å². The van der Waals surface area contributed by atoms with E-state index >= 15 is 0 Å². The highest BCUT2D eigenvalue weighted by Crippen LogP contribution is 2.53. The normalized spacial score (nSPS) is 18.3. The van der Waals surface area contributed by atoms with Gasteiger partial charge in [-0.25, -0.2) is 0 Å². The van der Waals surface area contributed by atoms with Gasteiger partial charge >= 0.3 is 15.6 Å². The molecule has 4 nitrogen and oxygen atoms in total. The molecule has 3 rings (SSSR count). The fourth-order valence-corrected chi connectivity index (χ4v) is 4.96. The minimum absolute atomic E-state index is 0.0920. The highest BCUT2D eigenvalue weighted by molar-refractivity contribution is 7.88. The second-order valence-electron chi connectivity index (χ2n) is 7.49.